The molecule has 2 unspecified atom stereocenters. The molecule has 1 saturated heterocycles. The summed E-state index contributed by atoms with van der Waals surface area (Å²) >= 11 is 0. The van der Waals surface area contributed by atoms with Gasteiger partial charge in [0, 0.05) is 19.2 Å². The third-order valence-corrected chi connectivity index (χ3v) is 3.15. The van der Waals surface area contributed by atoms with Crippen molar-refractivity contribution in [3.8, 4) is 0 Å². The van der Waals surface area contributed by atoms with Gasteiger partial charge in [-0.2, -0.15) is 0 Å². The lowest BCUT2D eigenvalue weighted by Gasteiger charge is -2.15. The third-order valence-electron chi connectivity index (χ3n) is 3.15. The van der Waals surface area contributed by atoms with Crippen LogP contribution in [0.1, 0.15) is 29.3 Å². The molecule has 4 heteroatoms. The maximum atomic E-state index is 10.7. The number of nitrogens with one attached hydrogen (secondary N) is 1. The Kier molecular flexibility index (Phi) is 3.76. The lowest BCUT2D eigenvalue weighted by atomic mass is 10.1. The molecule has 0 amide bonds. The van der Waals surface area contributed by atoms with E-state index in [0.29, 0.717) is 11.6 Å². The lowest BCUT2D eigenvalue weighted by molar-refractivity contribution is 0.0697. The third kappa shape index (κ3) is 3.05. The minimum Gasteiger partial charge on any atom is -0.478 e. The summed E-state index contributed by atoms with van der Waals surface area (Å²) in [4.78, 5) is 10.7. The highest BCUT2D eigenvalue weighted by atomic mass is 16.5. The monoisotopic (exact) mass is 235 g/mol. The minimum absolute atomic E-state index is 0.258. The summed E-state index contributed by atoms with van der Waals surface area (Å²) in [6.07, 6.45) is 1.29. The van der Waals surface area contributed by atoms with Gasteiger partial charge in [0.2, 0.25) is 0 Å². The first-order valence-electron chi connectivity index (χ1n) is 5.84. The molecule has 0 bridgehead atoms. The molecule has 4 nitrogen and oxygen atoms in total. The Balaban J connectivity index is 1.88. The fourth-order valence-electron chi connectivity index (χ4n) is 2.01. The Labute approximate surface area is 101 Å². The van der Waals surface area contributed by atoms with Crippen molar-refractivity contribution in [1.29, 1.82) is 0 Å². The van der Waals surface area contributed by atoms with Gasteiger partial charge in [0.15, 0.2) is 0 Å². The fourth-order valence-corrected chi connectivity index (χ4v) is 2.01. The second kappa shape index (κ2) is 5.29. The normalized spacial score (nSPS) is 23.8. The average Bonchev–Trinajstić information content (AvgIpc) is 2.73. The van der Waals surface area contributed by atoms with E-state index in [0.717, 1.165) is 25.1 Å². The molecule has 1 aliphatic rings. The highest BCUT2D eigenvalue weighted by Crippen LogP contribution is 2.13. The molecule has 0 aliphatic carbocycles. The minimum atomic E-state index is -0.887. The molecule has 0 saturated carbocycles. The number of ether oxygens (including phenoxy) is 1. The largest absolute Gasteiger partial charge is 0.478 e. The molecule has 1 aromatic carbocycles. The maximum absolute atomic E-state index is 10.7. The predicted octanol–water partition coefficient (Wildman–Crippen LogP) is 1.65. The van der Waals surface area contributed by atoms with Crippen molar-refractivity contribution in [1.82, 2.24) is 5.32 Å². The van der Waals surface area contributed by atoms with Gasteiger partial charge in [0.1, 0.15) is 0 Å². The average molecular weight is 235 g/mol. The molecule has 17 heavy (non-hydrogen) atoms. The first-order chi connectivity index (χ1) is 8.16. The molecule has 1 aliphatic heterocycles. The smallest absolute Gasteiger partial charge is 0.335 e. The zero-order valence-electron chi connectivity index (χ0n) is 9.85. The molecule has 2 rings (SSSR count). The Hall–Kier alpha value is -1.39. The predicted molar refractivity (Wildman–Crippen MR) is 64.1 cm³/mol. The van der Waals surface area contributed by atoms with Crippen LogP contribution in [-0.4, -0.2) is 29.8 Å². The fraction of sp³-hybridized carbons (Fsp3) is 0.462. The highest BCUT2D eigenvalue weighted by Gasteiger charge is 2.23. The molecule has 1 aromatic rings. The molecule has 1 heterocycles. The van der Waals surface area contributed by atoms with E-state index in [9.17, 15) is 4.79 Å². The Morgan fingerprint density at radius 1 is 1.47 bits per heavy atom. The topological polar surface area (TPSA) is 58.6 Å². The molecule has 1 fully saturated rings. The molecule has 92 valence electrons. The van der Waals surface area contributed by atoms with E-state index in [1.54, 1.807) is 12.1 Å². The number of carboxylic acid groups (broad SMARTS) is 1. The quantitative estimate of drug-likeness (QED) is 0.833. The summed E-state index contributed by atoms with van der Waals surface area (Å²) in [5.41, 5.74) is 1.42. The zero-order valence-corrected chi connectivity index (χ0v) is 9.85. The van der Waals surface area contributed by atoms with Gasteiger partial charge in [-0.15, -0.1) is 0 Å². The summed E-state index contributed by atoms with van der Waals surface area (Å²) in [7, 11) is 0. The number of benzene rings is 1. The van der Waals surface area contributed by atoms with E-state index >= 15 is 0 Å². The van der Waals surface area contributed by atoms with Crippen LogP contribution in [0.3, 0.4) is 0 Å². The summed E-state index contributed by atoms with van der Waals surface area (Å²) in [5, 5.41) is 12.2. The van der Waals surface area contributed by atoms with Crippen LogP contribution < -0.4 is 5.32 Å². The second-order valence-corrected chi connectivity index (χ2v) is 4.35. The van der Waals surface area contributed by atoms with Crippen molar-refractivity contribution < 1.29 is 14.6 Å². The zero-order chi connectivity index (χ0) is 12.3. The van der Waals surface area contributed by atoms with E-state index in [4.69, 9.17) is 9.84 Å². The van der Waals surface area contributed by atoms with Crippen molar-refractivity contribution in [3.63, 3.8) is 0 Å². The van der Waals surface area contributed by atoms with E-state index in [1.807, 2.05) is 12.1 Å². The van der Waals surface area contributed by atoms with Crippen LogP contribution in [0.15, 0.2) is 24.3 Å². The van der Waals surface area contributed by atoms with Crippen LogP contribution in [-0.2, 0) is 11.3 Å². The lowest BCUT2D eigenvalue weighted by Crippen LogP contribution is -2.34. The van der Waals surface area contributed by atoms with Gasteiger partial charge in [0.25, 0.3) is 0 Å². The van der Waals surface area contributed by atoms with Gasteiger partial charge in [-0.25, -0.2) is 4.79 Å². The Morgan fingerprint density at radius 3 is 2.71 bits per heavy atom. The van der Waals surface area contributed by atoms with Gasteiger partial charge < -0.3 is 15.2 Å². The number of aromatic carboxylic acids is 1. The summed E-state index contributed by atoms with van der Waals surface area (Å²) in [6, 6.07) is 7.35. The first kappa shape index (κ1) is 12.1. The van der Waals surface area contributed by atoms with Gasteiger partial charge in [-0.1, -0.05) is 12.1 Å². The molecule has 0 aromatic heterocycles. The molecule has 2 atom stereocenters. The van der Waals surface area contributed by atoms with Crippen molar-refractivity contribution >= 4 is 5.97 Å². The van der Waals surface area contributed by atoms with Crippen LogP contribution in [0, 0.1) is 0 Å². The summed E-state index contributed by atoms with van der Waals surface area (Å²) in [5.74, 6) is -0.887. The van der Waals surface area contributed by atoms with Gasteiger partial charge in [0.05, 0.1) is 11.7 Å². The first-order valence-corrected chi connectivity index (χ1v) is 5.84. The Morgan fingerprint density at radius 2 is 2.18 bits per heavy atom. The number of carboxylic acids is 1. The van der Waals surface area contributed by atoms with E-state index in [1.165, 1.54) is 0 Å². The van der Waals surface area contributed by atoms with Crippen molar-refractivity contribution in [3.05, 3.63) is 35.4 Å². The van der Waals surface area contributed by atoms with E-state index in [2.05, 4.69) is 12.2 Å². The van der Waals surface area contributed by atoms with E-state index in [-0.39, 0.29) is 6.10 Å². The van der Waals surface area contributed by atoms with Crippen molar-refractivity contribution in [2.75, 3.05) is 6.61 Å². The SMILES string of the molecule is CC1OCCC1NCc1ccc(C(=O)O)cc1. The Bertz CT molecular complexity index is 388. The van der Waals surface area contributed by atoms with Crippen LogP contribution in [0.2, 0.25) is 0 Å². The number of hydrogen-bond acceptors (Lipinski definition) is 3. The maximum Gasteiger partial charge on any atom is 0.335 e. The number of hydrogen-bond donors (Lipinski definition) is 2. The molecule has 2 N–H and O–H groups in total. The standard InChI is InChI=1S/C13H17NO3/c1-9-12(6-7-17-9)14-8-10-2-4-11(5-3-10)13(15)16/h2-5,9,12,14H,6-8H2,1H3,(H,15,16). The van der Waals surface area contributed by atoms with Crippen LogP contribution in [0.25, 0.3) is 0 Å². The molecule has 0 spiro atoms. The summed E-state index contributed by atoms with van der Waals surface area (Å²) in [6.45, 7) is 3.63. The van der Waals surface area contributed by atoms with Crippen LogP contribution in [0.4, 0.5) is 0 Å². The highest BCUT2D eigenvalue weighted by molar-refractivity contribution is 5.87. The second-order valence-electron chi connectivity index (χ2n) is 4.35. The van der Waals surface area contributed by atoms with Crippen molar-refractivity contribution in [2.45, 2.75) is 32.0 Å². The summed E-state index contributed by atoms with van der Waals surface area (Å²) < 4.78 is 5.46. The van der Waals surface area contributed by atoms with Gasteiger partial charge >= 0.3 is 5.97 Å². The van der Waals surface area contributed by atoms with E-state index < -0.39 is 5.97 Å². The molecule has 0 radical (unpaired) electrons. The number of carbonyl (C=O) groups is 1. The number of rotatable bonds is 4. The van der Waals surface area contributed by atoms with Crippen molar-refractivity contribution in [2.24, 2.45) is 0 Å². The van der Waals surface area contributed by atoms with Crippen LogP contribution in [0.5, 0.6) is 0 Å². The molecular formula is C13H17NO3. The van der Waals surface area contributed by atoms with Gasteiger partial charge in [-0.05, 0) is 31.0 Å². The molecular weight excluding hydrogens is 218 g/mol. The van der Waals surface area contributed by atoms with Crippen LogP contribution >= 0.6 is 0 Å². The van der Waals surface area contributed by atoms with Gasteiger partial charge in [-0.3, -0.25) is 0 Å².